The van der Waals surface area contributed by atoms with Crippen LogP contribution in [0.5, 0.6) is 0 Å². The number of carbonyl (C=O) groups excluding carboxylic acids is 1. The number of carbonyl (C=O) groups is 2. The van der Waals surface area contributed by atoms with Gasteiger partial charge in [0.15, 0.2) is 0 Å². The molecule has 1 fully saturated rings. The van der Waals surface area contributed by atoms with Gasteiger partial charge in [0.1, 0.15) is 6.04 Å². The largest absolute Gasteiger partial charge is 0.480 e. The van der Waals surface area contributed by atoms with Crippen molar-refractivity contribution >= 4 is 12.0 Å². The first-order valence-electron chi connectivity index (χ1n) is 7.28. The molecule has 21 heavy (non-hydrogen) atoms. The van der Waals surface area contributed by atoms with E-state index in [2.05, 4.69) is 15.3 Å². The summed E-state index contributed by atoms with van der Waals surface area (Å²) in [4.78, 5) is 32.2. The van der Waals surface area contributed by atoms with Gasteiger partial charge in [-0.05, 0) is 33.1 Å². The van der Waals surface area contributed by atoms with E-state index in [9.17, 15) is 14.7 Å². The highest BCUT2D eigenvalue weighted by Crippen LogP contribution is 2.22. The summed E-state index contributed by atoms with van der Waals surface area (Å²) in [5.74, 6) is -1.05. The zero-order valence-corrected chi connectivity index (χ0v) is 12.4. The molecule has 1 aromatic heterocycles. The predicted octanol–water partition coefficient (Wildman–Crippen LogP) is 1.38. The van der Waals surface area contributed by atoms with Crippen molar-refractivity contribution in [1.29, 1.82) is 0 Å². The molecular formula is C14H22N4O3. The van der Waals surface area contributed by atoms with Crippen molar-refractivity contribution in [2.75, 3.05) is 0 Å². The Hall–Kier alpha value is -2.05. The van der Waals surface area contributed by atoms with Gasteiger partial charge in [-0.25, -0.2) is 14.6 Å². The van der Waals surface area contributed by atoms with Crippen LogP contribution < -0.4 is 5.32 Å². The van der Waals surface area contributed by atoms with Gasteiger partial charge in [0.05, 0.1) is 6.33 Å². The molecule has 0 aliphatic carbocycles. The number of imidazole rings is 1. The summed E-state index contributed by atoms with van der Waals surface area (Å²) < 4.78 is 0. The second kappa shape index (κ2) is 6.60. The molecular weight excluding hydrogens is 272 g/mol. The minimum atomic E-state index is -1.05. The lowest BCUT2D eigenvalue weighted by atomic mass is 9.98. The van der Waals surface area contributed by atoms with Crippen LogP contribution in [-0.2, 0) is 11.2 Å². The Labute approximate surface area is 123 Å². The van der Waals surface area contributed by atoms with Crippen LogP contribution in [0.2, 0.25) is 0 Å². The van der Waals surface area contributed by atoms with Crippen LogP contribution in [-0.4, -0.2) is 50.1 Å². The Balaban J connectivity index is 2.02. The fraction of sp³-hybridized carbons (Fsp3) is 0.643. The number of aliphatic carboxylic acids is 1. The smallest absolute Gasteiger partial charge is 0.326 e. The van der Waals surface area contributed by atoms with Crippen molar-refractivity contribution < 1.29 is 14.7 Å². The molecule has 116 valence electrons. The number of likely N-dealkylation sites (tertiary alicyclic amines) is 1. The molecule has 0 bridgehead atoms. The lowest BCUT2D eigenvalue weighted by Crippen LogP contribution is -2.55. The fourth-order valence-electron chi connectivity index (χ4n) is 2.86. The van der Waals surface area contributed by atoms with Crippen LogP contribution in [0.15, 0.2) is 12.5 Å². The molecule has 0 radical (unpaired) electrons. The SMILES string of the molecule is CC1CCCC(C)N1C(=O)N[C@H](Cc1cnc[nH]1)C(=O)O. The van der Waals surface area contributed by atoms with Gasteiger partial charge in [0, 0.05) is 30.4 Å². The number of H-pyrrole nitrogens is 1. The van der Waals surface area contributed by atoms with E-state index in [1.165, 1.54) is 6.33 Å². The maximum Gasteiger partial charge on any atom is 0.326 e. The number of hydrogen-bond acceptors (Lipinski definition) is 3. The molecule has 2 unspecified atom stereocenters. The number of nitrogens with one attached hydrogen (secondary N) is 2. The molecule has 1 aromatic rings. The van der Waals surface area contributed by atoms with Crippen LogP contribution in [0.25, 0.3) is 0 Å². The first-order valence-corrected chi connectivity index (χ1v) is 7.28. The number of rotatable bonds is 4. The lowest BCUT2D eigenvalue weighted by Gasteiger charge is -2.39. The number of piperidine rings is 1. The van der Waals surface area contributed by atoms with Gasteiger partial charge in [-0.3, -0.25) is 0 Å². The summed E-state index contributed by atoms with van der Waals surface area (Å²) in [6, 6.07) is -0.994. The summed E-state index contributed by atoms with van der Waals surface area (Å²) in [7, 11) is 0. The van der Waals surface area contributed by atoms with Crippen molar-refractivity contribution in [2.45, 2.75) is 57.7 Å². The van der Waals surface area contributed by atoms with Crippen molar-refractivity contribution in [3.63, 3.8) is 0 Å². The highest BCUT2D eigenvalue weighted by molar-refractivity contribution is 5.83. The van der Waals surface area contributed by atoms with Crippen LogP contribution in [0.1, 0.15) is 38.8 Å². The van der Waals surface area contributed by atoms with Gasteiger partial charge in [-0.1, -0.05) is 0 Å². The Morgan fingerprint density at radius 3 is 2.67 bits per heavy atom. The molecule has 0 spiro atoms. The molecule has 2 heterocycles. The Bertz CT molecular complexity index is 478. The molecule has 1 aliphatic rings. The standard InChI is InChI=1S/C14H22N4O3/c1-9-4-3-5-10(2)18(9)14(21)17-12(13(19)20)6-11-7-15-8-16-11/h7-10,12H,3-6H2,1-2H3,(H,15,16)(H,17,21)(H,19,20)/t9?,10?,12-/m1/s1. The van der Waals surface area contributed by atoms with Crippen LogP contribution >= 0.6 is 0 Å². The molecule has 7 heteroatoms. The monoisotopic (exact) mass is 294 g/mol. The number of aromatic amines is 1. The fourth-order valence-corrected chi connectivity index (χ4v) is 2.86. The topological polar surface area (TPSA) is 98.3 Å². The second-order valence-electron chi connectivity index (χ2n) is 5.66. The summed E-state index contributed by atoms with van der Waals surface area (Å²) in [6.45, 7) is 4.00. The zero-order valence-electron chi connectivity index (χ0n) is 12.4. The minimum absolute atomic E-state index is 0.135. The van der Waals surface area contributed by atoms with E-state index < -0.39 is 12.0 Å². The third-order valence-electron chi connectivity index (χ3n) is 4.00. The van der Waals surface area contributed by atoms with Gasteiger partial charge in [0.25, 0.3) is 0 Å². The van der Waals surface area contributed by atoms with E-state index in [1.54, 1.807) is 11.1 Å². The van der Waals surface area contributed by atoms with E-state index in [0.29, 0.717) is 5.69 Å². The third-order valence-corrected chi connectivity index (χ3v) is 4.00. The van der Waals surface area contributed by atoms with Gasteiger partial charge >= 0.3 is 12.0 Å². The Morgan fingerprint density at radius 1 is 1.48 bits per heavy atom. The number of urea groups is 1. The highest BCUT2D eigenvalue weighted by Gasteiger charge is 2.31. The Kier molecular flexibility index (Phi) is 4.82. The van der Waals surface area contributed by atoms with E-state index in [-0.39, 0.29) is 24.5 Å². The lowest BCUT2D eigenvalue weighted by molar-refractivity contribution is -0.139. The zero-order chi connectivity index (χ0) is 15.4. The van der Waals surface area contributed by atoms with Gasteiger partial charge < -0.3 is 20.3 Å². The first-order chi connectivity index (χ1) is 9.99. The Morgan fingerprint density at radius 2 is 2.14 bits per heavy atom. The normalized spacial score (nSPS) is 23.6. The van der Waals surface area contributed by atoms with Crippen LogP contribution in [0.3, 0.4) is 0 Å². The van der Waals surface area contributed by atoms with E-state index in [4.69, 9.17) is 0 Å². The van der Waals surface area contributed by atoms with Crippen LogP contribution in [0, 0.1) is 0 Å². The van der Waals surface area contributed by atoms with Gasteiger partial charge in [-0.2, -0.15) is 0 Å². The molecule has 7 nitrogen and oxygen atoms in total. The van der Waals surface area contributed by atoms with Crippen molar-refractivity contribution in [3.05, 3.63) is 18.2 Å². The number of carboxylic acids is 1. The molecule has 1 saturated heterocycles. The molecule has 3 N–H and O–H groups in total. The quantitative estimate of drug-likeness (QED) is 0.781. The maximum atomic E-state index is 12.4. The average Bonchev–Trinajstić information content (AvgIpc) is 2.90. The van der Waals surface area contributed by atoms with Gasteiger partial charge in [0.2, 0.25) is 0 Å². The van der Waals surface area contributed by atoms with Crippen molar-refractivity contribution in [1.82, 2.24) is 20.2 Å². The average molecular weight is 294 g/mol. The van der Waals surface area contributed by atoms with E-state index >= 15 is 0 Å². The van der Waals surface area contributed by atoms with Crippen LogP contribution in [0.4, 0.5) is 4.79 Å². The number of aromatic nitrogens is 2. The van der Waals surface area contributed by atoms with Crippen molar-refractivity contribution in [2.24, 2.45) is 0 Å². The molecule has 0 saturated carbocycles. The number of carboxylic acid groups (broad SMARTS) is 1. The van der Waals surface area contributed by atoms with E-state index in [0.717, 1.165) is 19.3 Å². The van der Waals surface area contributed by atoms with Gasteiger partial charge in [-0.15, -0.1) is 0 Å². The molecule has 2 amide bonds. The first kappa shape index (κ1) is 15.3. The predicted molar refractivity (Wildman–Crippen MR) is 76.9 cm³/mol. The second-order valence-corrected chi connectivity index (χ2v) is 5.66. The summed E-state index contributed by atoms with van der Waals surface area (Å²) in [5, 5.41) is 11.9. The molecule has 0 aromatic carbocycles. The van der Waals surface area contributed by atoms with E-state index in [1.807, 2.05) is 13.8 Å². The molecule has 2 rings (SSSR count). The minimum Gasteiger partial charge on any atom is -0.480 e. The molecule has 1 aliphatic heterocycles. The summed E-state index contributed by atoms with van der Waals surface area (Å²) >= 11 is 0. The summed E-state index contributed by atoms with van der Waals surface area (Å²) in [6.07, 6.45) is 6.26. The molecule has 3 atom stereocenters. The highest BCUT2D eigenvalue weighted by atomic mass is 16.4. The number of hydrogen-bond donors (Lipinski definition) is 3. The van der Waals surface area contributed by atoms with Crippen molar-refractivity contribution in [3.8, 4) is 0 Å². The number of amides is 2. The third kappa shape index (κ3) is 3.74. The maximum absolute atomic E-state index is 12.4. The summed E-state index contributed by atoms with van der Waals surface area (Å²) in [5.41, 5.74) is 0.683. The number of nitrogens with zero attached hydrogens (tertiary/aromatic N) is 2.